The zero-order valence-corrected chi connectivity index (χ0v) is 11.4. The van der Waals surface area contributed by atoms with E-state index in [0.29, 0.717) is 5.56 Å². The van der Waals surface area contributed by atoms with E-state index in [-0.39, 0.29) is 22.4 Å². The Morgan fingerprint density at radius 3 is 2.63 bits per heavy atom. The van der Waals surface area contributed by atoms with Gasteiger partial charge >= 0.3 is 0 Å². The monoisotopic (exact) mass is 325 g/mol. The normalized spacial score (nSPS) is 10.3. The summed E-state index contributed by atoms with van der Waals surface area (Å²) in [5.74, 6) is -1.53. The minimum atomic E-state index is -0.612. The molecule has 98 valence electrons. The van der Waals surface area contributed by atoms with Crippen LogP contribution in [0.4, 0.5) is 8.78 Å². The molecule has 0 unspecified atom stereocenters. The van der Waals surface area contributed by atoms with E-state index in [2.05, 4.69) is 21.2 Å². The van der Waals surface area contributed by atoms with E-state index in [4.69, 9.17) is 0 Å². The highest BCUT2D eigenvalue weighted by molar-refractivity contribution is 9.10. The first-order valence-electron chi connectivity index (χ1n) is 5.54. The molecular formula is C14H10BrF2NO. The second-order valence-corrected chi connectivity index (χ2v) is 4.77. The Morgan fingerprint density at radius 2 is 1.89 bits per heavy atom. The topological polar surface area (TPSA) is 29.1 Å². The summed E-state index contributed by atoms with van der Waals surface area (Å²) in [6.45, 7) is 0.141. The van der Waals surface area contributed by atoms with Crippen molar-refractivity contribution in [2.75, 3.05) is 0 Å². The van der Waals surface area contributed by atoms with Crippen molar-refractivity contribution in [2.24, 2.45) is 0 Å². The molecule has 0 saturated heterocycles. The van der Waals surface area contributed by atoms with Gasteiger partial charge < -0.3 is 5.32 Å². The molecule has 0 aromatic heterocycles. The molecule has 0 radical (unpaired) electrons. The summed E-state index contributed by atoms with van der Waals surface area (Å²) in [7, 11) is 0. The average molecular weight is 326 g/mol. The van der Waals surface area contributed by atoms with Crippen LogP contribution >= 0.6 is 15.9 Å². The van der Waals surface area contributed by atoms with Gasteiger partial charge in [-0.25, -0.2) is 8.78 Å². The first kappa shape index (κ1) is 13.7. The maximum atomic E-state index is 13.7. The molecule has 1 amide bonds. The number of nitrogens with one attached hydrogen (secondary N) is 1. The van der Waals surface area contributed by atoms with Gasteiger partial charge in [0, 0.05) is 6.54 Å². The zero-order valence-electron chi connectivity index (χ0n) is 9.79. The number of benzene rings is 2. The number of hydrogen-bond acceptors (Lipinski definition) is 1. The summed E-state index contributed by atoms with van der Waals surface area (Å²) < 4.78 is 26.9. The number of amides is 1. The lowest BCUT2D eigenvalue weighted by molar-refractivity contribution is 0.0946. The van der Waals surface area contributed by atoms with E-state index < -0.39 is 11.7 Å². The van der Waals surface area contributed by atoms with Crippen molar-refractivity contribution in [3.05, 3.63) is 69.7 Å². The largest absolute Gasteiger partial charge is 0.348 e. The van der Waals surface area contributed by atoms with Crippen LogP contribution in [0.5, 0.6) is 0 Å². The van der Waals surface area contributed by atoms with E-state index in [1.54, 1.807) is 18.2 Å². The lowest BCUT2D eigenvalue weighted by Crippen LogP contribution is -2.24. The fourth-order valence-electron chi connectivity index (χ4n) is 1.60. The lowest BCUT2D eigenvalue weighted by Gasteiger charge is -2.07. The third kappa shape index (κ3) is 3.38. The van der Waals surface area contributed by atoms with Gasteiger partial charge in [0.2, 0.25) is 0 Å². The first-order chi connectivity index (χ1) is 9.08. The Labute approximate surface area is 117 Å². The molecule has 0 saturated carbocycles. The SMILES string of the molecule is O=C(NCc1cccc(F)c1)c1cccc(Br)c1F. The van der Waals surface area contributed by atoms with Crippen molar-refractivity contribution in [1.82, 2.24) is 5.32 Å². The van der Waals surface area contributed by atoms with Gasteiger partial charge in [-0.1, -0.05) is 18.2 Å². The Morgan fingerprint density at radius 1 is 1.16 bits per heavy atom. The van der Waals surface area contributed by atoms with Crippen LogP contribution in [0.1, 0.15) is 15.9 Å². The molecule has 0 atom stereocenters. The molecule has 5 heteroatoms. The fraction of sp³-hybridized carbons (Fsp3) is 0.0714. The van der Waals surface area contributed by atoms with Crippen molar-refractivity contribution in [3.8, 4) is 0 Å². The summed E-state index contributed by atoms with van der Waals surface area (Å²) in [6.07, 6.45) is 0. The Hall–Kier alpha value is -1.75. The van der Waals surface area contributed by atoms with Gasteiger partial charge in [-0.3, -0.25) is 4.79 Å². The van der Waals surface area contributed by atoms with Crippen LogP contribution in [0.15, 0.2) is 46.9 Å². The van der Waals surface area contributed by atoms with Gasteiger partial charge in [0.1, 0.15) is 11.6 Å². The molecule has 2 nitrogen and oxygen atoms in total. The number of halogens is 3. The van der Waals surface area contributed by atoms with Crippen molar-refractivity contribution < 1.29 is 13.6 Å². The third-order valence-electron chi connectivity index (χ3n) is 2.54. The van der Waals surface area contributed by atoms with Gasteiger partial charge in [-0.15, -0.1) is 0 Å². The van der Waals surface area contributed by atoms with E-state index in [1.807, 2.05) is 0 Å². The molecule has 0 aliphatic rings. The average Bonchev–Trinajstić information content (AvgIpc) is 2.39. The molecule has 0 fully saturated rings. The standard InChI is InChI=1S/C14H10BrF2NO/c15-12-6-2-5-11(13(12)17)14(19)18-8-9-3-1-4-10(16)7-9/h1-7H,8H2,(H,18,19). The van der Waals surface area contributed by atoms with Gasteiger partial charge in [0.25, 0.3) is 5.91 Å². The maximum absolute atomic E-state index is 13.7. The molecule has 0 bridgehead atoms. The summed E-state index contributed by atoms with van der Waals surface area (Å²) in [5, 5.41) is 2.54. The fourth-order valence-corrected chi connectivity index (χ4v) is 1.97. The highest BCUT2D eigenvalue weighted by Gasteiger charge is 2.13. The van der Waals surface area contributed by atoms with Crippen LogP contribution < -0.4 is 5.32 Å². The second kappa shape index (κ2) is 5.93. The predicted octanol–water partition coefficient (Wildman–Crippen LogP) is 3.66. The Kier molecular flexibility index (Phi) is 4.27. The molecule has 0 aliphatic heterocycles. The molecule has 0 spiro atoms. The maximum Gasteiger partial charge on any atom is 0.254 e. The van der Waals surface area contributed by atoms with Gasteiger partial charge in [0.05, 0.1) is 10.0 Å². The lowest BCUT2D eigenvalue weighted by atomic mass is 10.2. The Bertz CT molecular complexity index is 616. The van der Waals surface area contributed by atoms with Crippen molar-refractivity contribution in [3.63, 3.8) is 0 Å². The van der Waals surface area contributed by atoms with Crippen LogP contribution in [0.2, 0.25) is 0 Å². The predicted molar refractivity (Wildman–Crippen MR) is 71.7 cm³/mol. The molecule has 19 heavy (non-hydrogen) atoms. The molecule has 2 aromatic carbocycles. The smallest absolute Gasteiger partial charge is 0.254 e. The summed E-state index contributed by atoms with van der Waals surface area (Å²) >= 11 is 3.02. The Balaban J connectivity index is 2.08. The summed E-state index contributed by atoms with van der Waals surface area (Å²) in [6, 6.07) is 10.3. The molecule has 2 rings (SSSR count). The number of carbonyl (C=O) groups excluding carboxylic acids is 1. The van der Waals surface area contributed by atoms with Crippen molar-refractivity contribution in [1.29, 1.82) is 0 Å². The highest BCUT2D eigenvalue weighted by Crippen LogP contribution is 2.18. The zero-order chi connectivity index (χ0) is 13.8. The van der Waals surface area contributed by atoms with Crippen molar-refractivity contribution in [2.45, 2.75) is 6.54 Å². The van der Waals surface area contributed by atoms with E-state index in [0.717, 1.165) is 0 Å². The molecular weight excluding hydrogens is 316 g/mol. The van der Waals surface area contributed by atoms with Gasteiger partial charge in [-0.2, -0.15) is 0 Å². The minimum absolute atomic E-state index is 0.0502. The number of hydrogen-bond donors (Lipinski definition) is 1. The quantitative estimate of drug-likeness (QED) is 0.916. The minimum Gasteiger partial charge on any atom is -0.348 e. The van der Waals surface area contributed by atoms with Crippen LogP contribution in [-0.2, 0) is 6.54 Å². The van der Waals surface area contributed by atoms with Crippen molar-refractivity contribution >= 4 is 21.8 Å². The van der Waals surface area contributed by atoms with Gasteiger partial charge in [0.15, 0.2) is 0 Å². The first-order valence-corrected chi connectivity index (χ1v) is 6.34. The van der Waals surface area contributed by atoms with E-state index >= 15 is 0 Å². The van der Waals surface area contributed by atoms with E-state index in [1.165, 1.54) is 24.3 Å². The summed E-state index contributed by atoms with van der Waals surface area (Å²) in [5.41, 5.74) is 0.564. The molecule has 1 N–H and O–H groups in total. The molecule has 0 heterocycles. The third-order valence-corrected chi connectivity index (χ3v) is 3.15. The van der Waals surface area contributed by atoms with Crippen LogP contribution in [-0.4, -0.2) is 5.91 Å². The van der Waals surface area contributed by atoms with Crippen LogP contribution in [0.25, 0.3) is 0 Å². The number of rotatable bonds is 3. The summed E-state index contributed by atoms with van der Waals surface area (Å²) in [4.78, 5) is 11.8. The van der Waals surface area contributed by atoms with E-state index in [9.17, 15) is 13.6 Å². The highest BCUT2D eigenvalue weighted by atomic mass is 79.9. The number of carbonyl (C=O) groups is 1. The molecule has 0 aliphatic carbocycles. The molecule has 2 aromatic rings. The van der Waals surface area contributed by atoms with Crippen LogP contribution in [0, 0.1) is 11.6 Å². The van der Waals surface area contributed by atoms with Gasteiger partial charge in [-0.05, 0) is 45.8 Å². The second-order valence-electron chi connectivity index (χ2n) is 3.91. The van der Waals surface area contributed by atoms with Crippen LogP contribution in [0.3, 0.4) is 0 Å².